The fourth-order valence-corrected chi connectivity index (χ4v) is 0. The summed E-state index contributed by atoms with van der Waals surface area (Å²) in [5.41, 5.74) is 0. The van der Waals surface area contributed by atoms with Crippen LogP contribution in [0.3, 0.4) is 0 Å². The van der Waals surface area contributed by atoms with E-state index in [2.05, 4.69) is 15.9 Å². The van der Waals surface area contributed by atoms with Gasteiger partial charge in [-0.2, -0.15) is 0 Å². The number of hydrogen-bond donors (Lipinski definition) is 0. The summed E-state index contributed by atoms with van der Waals surface area (Å²) in [5.74, 6) is 0. The van der Waals surface area contributed by atoms with Crippen LogP contribution in [0.5, 0.6) is 0 Å². The standard InChI is InChI=1S/Cu.O.Sr.Y. The first-order chi connectivity index (χ1) is 1.00. The fraction of sp³-hybridized carbons (Fsp3) is 0. The van der Waals surface area contributed by atoms with Crippen molar-refractivity contribution >= 4 is 45.5 Å². The smallest absolute Gasteiger partial charge is 0 e. The molecule has 0 aliphatic rings. The third-order valence-corrected chi connectivity index (χ3v) is 0. The molecule has 0 N–H and O–H groups in total. The molecule has 0 saturated carbocycles. The first-order valence-electron chi connectivity index (χ1n) is 0.123. The Morgan fingerprint density at radius 3 is 1.25 bits per heavy atom. The molecule has 0 rings (SSSR count). The summed E-state index contributed by atoms with van der Waals surface area (Å²) < 4.78 is 7.81. The van der Waals surface area contributed by atoms with Crippen LogP contribution in [0.15, 0.2) is 0 Å². The molecule has 0 aromatic carbocycles. The number of rotatable bonds is 0. The van der Waals surface area contributed by atoms with Crippen molar-refractivity contribution in [2.75, 3.05) is 0 Å². The predicted molar refractivity (Wildman–Crippen MR) is 6.44 cm³/mol. The van der Waals surface area contributed by atoms with E-state index in [1.165, 1.54) is 0 Å². The van der Waals surface area contributed by atoms with Crippen LogP contribution in [-0.4, -0.2) is 45.5 Å². The van der Waals surface area contributed by atoms with Crippen LogP contribution in [0, 0.1) is 0 Å². The van der Waals surface area contributed by atoms with E-state index >= 15 is 0 Å². The molecule has 0 fully saturated rings. The summed E-state index contributed by atoms with van der Waals surface area (Å²) in [5, 5.41) is 0. The second kappa shape index (κ2) is 16.8. The van der Waals surface area contributed by atoms with Gasteiger partial charge in [0.1, 0.15) is 0 Å². The van der Waals surface area contributed by atoms with Crippen molar-refractivity contribution < 1.29 is 52.5 Å². The maximum atomic E-state index is 7.81. The van der Waals surface area contributed by atoms with Crippen LogP contribution in [0.1, 0.15) is 0 Å². The van der Waals surface area contributed by atoms with E-state index in [9.17, 15) is 0 Å². The van der Waals surface area contributed by atoms with Gasteiger partial charge in [-0.05, 0) is 0 Å². The second-order valence-electron chi connectivity index (χ2n) is 0. The summed E-state index contributed by atoms with van der Waals surface area (Å²) in [7, 11) is 0. The van der Waals surface area contributed by atoms with Gasteiger partial charge >= 0.3 is 19.8 Å². The minimum Gasteiger partial charge on any atom is 0 e. The Kier molecular flexibility index (Phi) is 66.5. The molecule has 0 aliphatic carbocycles. The van der Waals surface area contributed by atoms with E-state index in [4.69, 9.17) is 3.83 Å². The molecule has 1 nitrogen and oxygen atoms in total. The zero-order valence-electron chi connectivity index (χ0n) is 1.99. The van der Waals surface area contributed by atoms with Crippen LogP contribution in [-0.2, 0) is 52.5 Å². The Labute approximate surface area is 95.5 Å². The summed E-state index contributed by atoms with van der Waals surface area (Å²) in [6.45, 7) is 0. The summed E-state index contributed by atoms with van der Waals surface area (Å²) >= 11 is 2.94. The molecule has 0 aliphatic heterocycles. The van der Waals surface area contributed by atoms with Crippen molar-refractivity contribution in [1.82, 2.24) is 0 Å². The third kappa shape index (κ3) is 8.86. The first kappa shape index (κ1) is 15.8. The van der Waals surface area contributed by atoms with Crippen LogP contribution in [0.4, 0.5) is 0 Å². The minimum atomic E-state index is 0. The van der Waals surface area contributed by atoms with Crippen molar-refractivity contribution in [2.45, 2.75) is 0 Å². The molecule has 3 radical (unpaired) electrons. The van der Waals surface area contributed by atoms with Gasteiger partial charge in [-0.3, -0.25) is 0 Å². The summed E-state index contributed by atoms with van der Waals surface area (Å²) in [4.78, 5) is 0. The Bertz CT molecular complexity index is 8.00. The van der Waals surface area contributed by atoms with Crippen LogP contribution < -0.4 is 0 Å². The Morgan fingerprint density at radius 1 is 1.25 bits per heavy atom. The van der Waals surface area contributed by atoms with Crippen molar-refractivity contribution in [3.05, 3.63) is 0 Å². The molecular weight excluding hydrogens is 256 g/mol. The normalized spacial score (nSPS) is 1.50. The van der Waals surface area contributed by atoms with Crippen molar-refractivity contribution in [1.29, 1.82) is 0 Å². The second-order valence-corrected chi connectivity index (χ2v) is 0. The molecule has 0 heterocycles. The molecule has 0 bridgehead atoms. The SMILES string of the molecule is [O]=[Cu].[Sr].[Y]. The topological polar surface area (TPSA) is 17.1 Å². The van der Waals surface area contributed by atoms with Gasteiger partial charge in [0.2, 0.25) is 0 Å². The van der Waals surface area contributed by atoms with Gasteiger partial charge in [0.25, 0.3) is 0 Å². The molecule has 4 heavy (non-hydrogen) atoms. The molecule has 0 spiro atoms. The van der Waals surface area contributed by atoms with Gasteiger partial charge < -0.3 is 0 Å². The van der Waals surface area contributed by atoms with E-state index in [1.54, 1.807) is 0 Å². The average molecular weight is 256 g/mol. The molecule has 22 valence electrons. The van der Waals surface area contributed by atoms with Gasteiger partial charge in [-0.25, -0.2) is 0 Å². The molecule has 0 aromatic rings. The zero-order chi connectivity index (χ0) is 2.00. The first-order valence-corrected chi connectivity index (χ1v) is 0.508. The largest absolute Gasteiger partial charge is 0 e. The third-order valence-electron chi connectivity index (χ3n) is 0. The molecule has 0 amide bonds. The van der Waals surface area contributed by atoms with Crippen molar-refractivity contribution in [3.8, 4) is 0 Å². The Balaban J connectivity index is -0.00000000500. The van der Waals surface area contributed by atoms with Crippen LogP contribution >= 0.6 is 0 Å². The average Bonchev–Trinajstić information content (AvgIpc) is 1.00. The molecule has 0 aromatic heterocycles. The van der Waals surface area contributed by atoms with Gasteiger partial charge in [0, 0.05) is 78.2 Å². The van der Waals surface area contributed by atoms with Crippen molar-refractivity contribution in [3.63, 3.8) is 0 Å². The van der Waals surface area contributed by atoms with Crippen LogP contribution in [0.25, 0.3) is 0 Å². The van der Waals surface area contributed by atoms with Crippen molar-refractivity contribution in [2.24, 2.45) is 0 Å². The molecular formula is CuOSrY. The van der Waals surface area contributed by atoms with E-state index < -0.39 is 0 Å². The van der Waals surface area contributed by atoms with Gasteiger partial charge in [-0.1, -0.05) is 0 Å². The number of hydrogen-bond acceptors (Lipinski definition) is 1. The van der Waals surface area contributed by atoms with E-state index in [-0.39, 0.29) is 78.2 Å². The predicted octanol–water partition coefficient (Wildman–Crippen LogP) is -0.505. The maximum Gasteiger partial charge on any atom is 0 e. The fourth-order valence-electron chi connectivity index (χ4n) is 0. The maximum absolute atomic E-state index is 7.81. The molecule has 0 saturated heterocycles. The zero-order valence-corrected chi connectivity index (χ0v) is 9.25. The Morgan fingerprint density at radius 2 is 1.25 bits per heavy atom. The van der Waals surface area contributed by atoms with Gasteiger partial charge in [0.05, 0.1) is 0 Å². The monoisotopic (exact) mass is 256 g/mol. The summed E-state index contributed by atoms with van der Waals surface area (Å²) in [6, 6.07) is 0. The summed E-state index contributed by atoms with van der Waals surface area (Å²) in [6.07, 6.45) is 0. The quantitative estimate of drug-likeness (QED) is 0.534. The minimum absolute atomic E-state index is 0. The molecule has 4 heteroatoms. The van der Waals surface area contributed by atoms with Gasteiger partial charge in [-0.15, -0.1) is 0 Å². The van der Waals surface area contributed by atoms with E-state index in [0.29, 0.717) is 0 Å². The Hall–Kier alpha value is 2.90. The molecule has 0 unspecified atom stereocenters. The van der Waals surface area contributed by atoms with E-state index in [1.807, 2.05) is 0 Å². The van der Waals surface area contributed by atoms with Crippen LogP contribution in [0.2, 0.25) is 0 Å². The van der Waals surface area contributed by atoms with E-state index in [0.717, 1.165) is 0 Å². The molecule has 0 atom stereocenters. The van der Waals surface area contributed by atoms with Gasteiger partial charge in [0.15, 0.2) is 0 Å².